The Morgan fingerprint density at radius 1 is 1.17 bits per heavy atom. The third-order valence-corrected chi connectivity index (χ3v) is 2.76. The van der Waals surface area contributed by atoms with Crippen molar-refractivity contribution < 1.29 is 4.79 Å². The predicted octanol–water partition coefficient (Wildman–Crippen LogP) is 3.66. The van der Waals surface area contributed by atoms with Crippen LogP contribution in [0.2, 0.25) is 0 Å². The van der Waals surface area contributed by atoms with Crippen molar-refractivity contribution in [3.05, 3.63) is 48.0 Å². The van der Waals surface area contributed by atoms with Gasteiger partial charge in [-0.3, -0.25) is 4.79 Å². The Labute approximate surface area is 122 Å². The summed E-state index contributed by atoms with van der Waals surface area (Å²) in [5.41, 5.74) is 1.28. The summed E-state index contributed by atoms with van der Waals surface area (Å²) in [6.07, 6.45) is 5.71. The third kappa shape index (κ3) is 6.29. The van der Waals surface area contributed by atoms with Crippen molar-refractivity contribution in [1.29, 1.82) is 0 Å². The zero-order valence-electron chi connectivity index (χ0n) is 9.70. The van der Waals surface area contributed by atoms with Crippen LogP contribution in [0.1, 0.15) is 12.0 Å². The second kappa shape index (κ2) is 7.67. The van der Waals surface area contributed by atoms with Crippen LogP contribution < -0.4 is 5.32 Å². The molecule has 0 aliphatic heterocycles. The average Bonchev–Trinajstić information content (AvgIpc) is 2.33. The van der Waals surface area contributed by atoms with E-state index in [4.69, 9.17) is 34.8 Å². The Morgan fingerprint density at radius 3 is 2.44 bits per heavy atom. The van der Waals surface area contributed by atoms with Gasteiger partial charge >= 0.3 is 0 Å². The Kier molecular flexibility index (Phi) is 6.55. The van der Waals surface area contributed by atoms with Crippen LogP contribution in [0.25, 0.3) is 0 Å². The SMILES string of the molecule is O=C(NC/C=C/CCc1ccccc1)C(Cl)(Cl)Cl. The largest absolute Gasteiger partial charge is 0.349 e. The highest BCUT2D eigenvalue weighted by Crippen LogP contribution is 2.25. The van der Waals surface area contributed by atoms with E-state index < -0.39 is 9.70 Å². The maximum Gasteiger partial charge on any atom is 0.272 e. The summed E-state index contributed by atoms with van der Waals surface area (Å²) >= 11 is 16.2. The van der Waals surface area contributed by atoms with E-state index in [0.717, 1.165) is 12.8 Å². The number of allylic oxidation sites excluding steroid dienone is 1. The molecule has 0 saturated heterocycles. The molecule has 1 N–H and O–H groups in total. The third-order valence-electron chi connectivity index (χ3n) is 2.25. The van der Waals surface area contributed by atoms with Gasteiger partial charge in [0.2, 0.25) is 0 Å². The minimum Gasteiger partial charge on any atom is -0.349 e. The maximum absolute atomic E-state index is 11.2. The van der Waals surface area contributed by atoms with Gasteiger partial charge in [-0.25, -0.2) is 0 Å². The van der Waals surface area contributed by atoms with Crippen LogP contribution in [0.15, 0.2) is 42.5 Å². The van der Waals surface area contributed by atoms with Gasteiger partial charge in [-0.05, 0) is 18.4 Å². The maximum atomic E-state index is 11.2. The predicted molar refractivity (Wildman–Crippen MR) is 77.2 cm³/mol. The number of halogens is 3. The van der Waals surface area contributed by atoms with Crippen molar-refractivity contribution in [2.24, 2.45) is 0 Å². The first kappa shape index (κ1) is 15.4. The summed E-state index contributed by atoms with van der Waals surface area (Å²) in [6, 6.07) is 10.2. The summed E-state index contributed by atoms with van der Waals surface area (Å²) in [6.45, 7) is 0.363. The van der Waals surface area contributed by atoms with E-state index in [1.807, 2.05) is 30.4 Å². The van der Waals surface area contributed by atoms with E-state index in [2.05, 4.69) is 17.4 Å². The smallest absolute Gasteiger partial charge is 0.272 e. The summed E-state index contributed by atoms with van der Waals surface area (Å²) < 4.78 is -1.89. The Bertz CT molecular complexity index is 398. The lowest BCUT2D eigenvalue weighted by Gasteiger charge is -2.09. The highest BCUT2D eigenvalue weighted by molar-refractivity contribution is 6.76. The average molecular weight is 307 g/mol. The second-order valence-corrected chi connectivity index (χ2v) is 5.98. The second-order valence-electron chi connectivity index (χ2n) is 3.70. The van der Waals surface area contributed by atoms with Crippen LogP contribution in [-0.4, -0.2) is 16.2 Å². The molecule has 1 rings (SSSR count). The van der Waals surface area contributed by atoms with E-state index in [-0.39, 0.29) is 0 Å². The summed E-state index contributed by atoms with van der Waals surface area (Å²) in [7, 11) is 0. The molecule has 0 bridgehead atoms. The van der Waals surface area contributed by atoms with Crippen LogP contribution in [0.5, 0.6) is 0 Å². The van der Waals surface area contributed by atoms with Gasteiger partial charge in [-0.1, -0.05) is 77.3 Å². The van der Waals surface area contributed by atoms with Crippen molar-refractivity contribution in [3.8, 4) is 0 Å². The van der Waals surface area contributed by atoms with Crippen LogP contribution in [0.3, 0.4) is 0 Å². The summed E-state index contributed by atoms with van der Waals surface area (Å²) in [4.78, 5) is 11.2. The van der Waals surface area contributed by atoms with Crippen molar-refractivity contribution >= 4 is 40.7 Å². The van der Waals surface area contributed by atoms with E-state index in [1.165, 1.54) is 5.56 Å². The number of rotatable bonds is 5. The van der Waals surface area contributed by atoms with Gasteiger partial charge in [0.25, 0.3) is 9.70 Å². The van der Waals surface area contributed by atoms with Crippen molar-refractivity contribution in [1.82, 2.24) is 5.32 Å². The van der Waals surface area contributed by atoms with Gasteiger partial charge in [0.15, 0.2) is 0 Å². The molecule has 5 heteroatoms. The molecule has 0 spiro atoms. The number of hydrogen-bond acceptors (Lipinski definition) is 1. The lowest BCUT2D eigenvalue weighted by Crippen LogP contribution is -2.34. The van der Waals surface area contributed by atoms with Gasteiger partial charge in [-0.15, -0.1) is 0 Å². The molecule has 0 heterocycles. The fraction of sp³-hybridized carbons (Fsp3) is 0.308. The van der Waals surface area contributed by atoms with Gasteiger partial charge in [0.05, 0.1) is 0 Å². The number of nitrogens with one attached hydrogen (secondary N) is 1. The molecule has 0 unspecified atom stereocenters. The number of alkyl halides is 3. The van der Waals surface area contributed by atoms with Crippen LogP contribution in [0.4, 0.5) is 0 Å². The zero-order chi connectivity index (χ0) is 13.4. The van der Waals surface area contributed by atoms with Crippen LogP contribution >= 0.6 is 34.8 Å². The summed E-state index contributed by atoms with van der Waals surface area (Å²) in [5, 5.41) is 2.50. The molecule has 1 aromatic rings. The van der Waals surface area contributed by atoms with Gasteiger partial charge in [0.1, 0.15) is 0 Å². The molecule has 2 nitrogen and oxygen atoms in total. The Balaban J connectivity index is 2.17. The molecule has 98 valence electrons. The molecule has 0 fully saturated rings. The van der Waals surface area contributed by atoms with E-state index in [0.29, 0.717) is 6.54 Å². The van der Waals surface area contributed by atoms with Crippen LogP contribution in [0, 0.1) is 0 Å². The molecule has 0 aliphatic carbocycles. The molecule has 0 atom stereocenters. The number of aryl methyl sites for hydroxylation is 1. The molecule has 1 amide bonds. The minimum absolute atomic E-state index is 0.363. The quantitative estimate of drug-likeness (QED) is 0.653. The number of hydrogen-bond donors (Lipinski definition) is 1. The molecule has 0 saturated carbocycles. The number of amides is 1. The van der Waals surface area contributed by atoms with Crippen molar-refractivity contribution in [2.75, 3.05) is 6.54 Å². The molecular formula is C13H14Cl3NO. The van der Waals surface area contributed by atoms with Gasteiger partial charge in [0, 0.05) is 6.54 Å². The van der Waals surface area contributed by atoms with Gasteiger partial charge < -0.3 is 5.32 Å². The monoisotopic (exact) mass is 305 g/mol. The van der Waals surface area contributed by atoms with E-state index in [1.54, 1.807) is 0 Å². The first-order valence-corrected chi connectivity index (χ1v) is 6.67. The fourth-order valence-corrected chi connectivity index (χ4v) is 1.55. The summed E-state index contributed by atoms with van der Waals surface area (Å²) in [5.74, 6) is -0.611. The number of benzene rings is 1. The topological polar surface area (TPSA) is 29.1 Å². The first-order chi connectivity index (χ1) is 8.50. The van der Waals surface area contributed by atoms with Crippen molar-refractivity contribution in [2.45, 2.75) is 16.6 Å². The highest BCUT2D eigenvalue weighted by atomic mass is 35.6. The number of carbonyl (C=O) groups is 1. The first-order valence-electron chi connectivity index (χ1n) is 5.54. The molecule has 18 heavy (non-hydrogen) atoms. The Morgan fingerprint density at radius 2 is 1.83 bits per heavy atom. The molecule has 0 aromatic heterocycles. The Hall–Kier alpha value is -0.700. The molecule has 0 radical (unpaired) electrons. The standard InChI is InChI=1S/C13H14Cl3NO/c14-13(15,16)12(18)17-10-6-2-5-9-11-7-3-1-4-8-11/h1-4,6-8H,5,9-10H2,(H,17,18)/b6-2+. The van der Waals surface area contributed by atoms with E-state index in [9.17, 15) is 4.79 Å². The molecule has 0 aliphatic rings. The number of carbonyl (C=O) groups excluding carboxylic acids is 1. The lowest BCUT2D eigenvalue weighted by atomic mass is 10.1. The lowest BCUT2D eigenvalue weighted by molar-refractivity contribution is -0.120. The van der Waals surface area contributed by atoms with Crippen LogP contribution in [-0.2, 0) is 11.2 Å². The van der Waals surface area contributed by atoms with Gasteiger partial charge in [-0.2, -0.15) is 0 Å². The normalized spacial score (nSPS) is 11.7. The molecular weight excluding hydrogens is 293 g/mol. The minimum atomic E-state index is -1.89. The highest BCUT2D eigenvalue weighted by Gasteiger charge is 2.29. The van der Waals surface area contributed by atoms with Crippen molar-refractivity contribution in [3.63, 3.8) is 0 Å². The fourth-order valence-electron chi connectivity index (χ4n) is 1.35. The zero-order valence-corrected chi connectivity index (χ0v) is 12.0. The molecule has 1 aromatic carbocycles. The van der Waals surface area contributed by atoms with E-state index >= 15 is 0 Å².